The molecule has 0 aliphatic heterocycles. The lowest BCUT2D eigenvalue weighted by molar-refractivity contribution is -0.192. The summed E-state index contributed by atoms with van der Waals surface area (Å²) in [6, 6.07) is 21.6. The molecule has 6 N–H and O–H groups in total. The number of halogens is 3. The van der Waals surface area contributed by atoms with E-state index in [2.05, 4.69) is 20.9 Å². The van der Waals surface area contributed by atoms with Gasteiger partial charge in [0, 0.05) is 24.7 Å². The highest BCUT2D eigenvalue weighted by molar-refractivity contribution is 5.97. The van der Waals surface area contributed by atoms with Crippen LogP contribution in [0.5, 0.6) is 5.75 Å². The second-order valence-corrected chi connectivity index (χ2v) is 10.3. The Morgan fingerprint density at radius 3 is 2.28 bits per heavy atom. The fourth-order valence-electron chi connectivity index (χ4n) is 4.51. The molecule has 0 saturated carbocycles. The van der Waals surface area contributed by atoms with Crippen LogP contribution in [0.4, 0.5) is 19.0 Å². The van der Waals surface area contributed by atoms with Crippen molar-refractivity contribution in [2.75, 3.05) is 18.4 Å². The van der Waals surface area contributed by atoms with Gasteiger partial charge < -0.3 is 31.3 Å². The molecule has 11 nitrogen and oxygen atoms in total. The van der Waals surface area contributed by atoms with Gasteiger partial charge >= 0.3 is 18.1 Å². The van der Waals surface area contributed by atoms with Crippen LogP contribution in [0.2, 0.25) is 0 Å². The highest BCUT2D eigenvalue weighted by Crippen LogP contribution is 2.34. The monoisotopic (exact) mass is 654 g/mol. The highest BCUT2D eigenvalue weighted by Gasteiger charge is 2.38. The van der Waals surface area contributed by atoms with Gasteiger partial charge in [0.2, 0.25) is 11.8 Å². The Balaban J connectivity index is 0.000000771. The number of rotatable bonds is 12. The van der Waals surface area contributed by atoms with Crippen LogP contribution in [0.3, 0.4) is 0 Å². The van der Waals surface area contributed by atoms with Crippen LogP contribution in [0, 0.1) is 6.92 Å². The standard InChI is InChI=1S/C31H32N4O5.C2HF3O2/c1-20-13-15-33-28(16-20)32-14-5-10-29(37)34-19-30(38)35-26(18-31(39)40)25-12-11-22(17-27(25)36)24-9-4-7-21-6-2-3-8-23(21)24;3-2(4,5)1(6)7/h2-4,6-9,11-13,15-17,26,36H,5,10,14,18-19H2,1H3,(H,32,33)(H,34,37)(H,35,38)(H,39,40);(H,6,7). The highest BCUT2D eigenvalue weighted by atomic mass is 19.4. The predicted molar refractivity (Wildman–Crippen MR) is 168 cm³/mol. The zero-order valence-corrected chi connectivity index (χ0v) is 25.2. The van der Waals surface area contributed by atoms with Gasteiger partial charge in [0.1, 0.15) is 11.6 Å². The minimum atomic E-state index is -5.08. The molecule has 4 aromatic rings. The lowest BCUT2D eigenvalue weighted by Gasteiger charge is -2.20. The fourth-order valence-corrected chi connectivity index (χ4v) is 4.51. The molecule has 0 bridgehead atoms. The zero-order valence-electron chi connectivity index (χ0n) is 25.2. The molecular formula is C33H33F3N4O7. The number of nitrogens with one attached hydrogen (secondary N) is 3. The van der Waals surface area contributed by atoms with Crippen LogP contribution < -0.4 is 16.0 Å². The molecule has 0 fully saturated rings. The molecule has 1 unspecified atom stereocenters. The van der Waals surface area contributed by atoms with Crippen molar-refractivity contribution in [3.8, 4) is 16.9 Å². The van der Waals surface area contributed by atoms with E-state index < -0.39 is 36.5 Å². The van der Waals surface area contributed by atoms with E-state index in [1.54, 1.807) is 24.4 Å². The Morgan fingerprint density at radius 1 is 0.915 bits per heavy atom. The second-order valence-electron chi connectivity index (χ2n) is 10.3. The lowest BCUT2D eigenvalue weighted by Crippen LogP contribution is -2.39. The number of phenolic OH excluding ortho intramolecular Hbond substituents is 1. The van der Waals surface area contributed by atoms with Gasteiger partial charge in [-0.25, -0.2) is 9.78 Å². The van der Waals surface area contributed by atoms with Gasteiger partial charge in [-0.3, -0.25) is 14.4 Å². The van der Waals surface area contributed by atoms with Crippen molar-refractivity contribution < 1.29 is 47.7 Å². The average molecular weight is 655 g/mol. The summed E-state index contributed by atoms with van der Waals surface area (Å²) in [5, 5.41) is 37.8. The number of carboxylic acid groups (broad SMARTS) is 2. The first kappa shape index (κ1) is 35.8. The number of fused-ring (bicyclic) bond motifs is 1. The van der Waals surface area contributed by atoms with Crippen LogP contribution in [-0.4, -0.2) is 63.3 Å². The molecule has 4 rings (SSSR count). The maximum atomic E-state index is 12.6. The topological polar surface area (TPSA) is 178 Å². The van der Waals surface area contributed by atoms with Gasteiger partial charge in [0.15, 0.2) is 0 Å². The molecule has 0 aliphatic rings. The Morgan fingerprint density at radius 2 is 1.62 bits per heavy atom. The van der Waals surface area contributed by atoms with Gasteiger partial charge in [0.25, 0.3) is 0 Å². The van der Waals surface area contributed by atoms with Gasteiger partial charge in [-0.05, 0) is 59.0 Å². The SMILES string of the molecule is Cc1ccnc(NCCCC(=O)NCC(=O)NC(CC(=O)O)c2ccc(-c3cccc4ccccc34)cc2O)c1.O=C(O)C(F)(F)F. The summed E-state index contributed by atoms with van der Waals surface area (Å²) in [4.78, 5) is 49.4. The maximum Gasteiger partial charge on any atom is 0.490 e. The molecule has 47 heavy (non-hydrogen) atoms. The molecular weight excluding hydrogens is 621 g/mol. The third-order valence-electron chi connectivity index (χ3n) is 6.71. The molecule has 248 valence electrons. The molecule has 1 atom stereocenters. The Labute approximate surface area is 267 Å². The number of pyridine rings is 1. The summed E-state index contributed by atoms with van der Waals surface area (Å²) in [6.07, 6.45) is -3.05. The van der Waals surface area contributed by atoms with E-state index in [0.29, 0.717) is 13.0 Å². The lowest BCUT2D eigenvalue weighted by atomic mass is 9.95. The molecule has 14 heteroatoms. The number of carboxylic acids is 2. The van der Waals surface area contributed by atoms with Gasteiger partial charge in [0.05, 0.1) is 19.0 Å². The number of benzene rings is 3. The van der Waals surface area contributed by atoms with Crippen molar-refractivity contribution in [3.05, 3.63) is 90.1 Å². The third-order valence-corrected chi connectivity index (χ3v) is 6.71. The van der Waals surface area contributed by atoms with Crippen LogP contribution >= 0.6 is 0 Å². The van der Waals surface area contributed by atoms with Crippen LogP contribution in [0.25, 0.3) is 21.9 Å². The molecule has 0 radical (unpaired) electrons. The van der Waals surface area contributed by atoms with Gasteiger partial charge in [-0.2, -0.15) is 13.2 Å². The van der Waals surface area contributed by atoms with E-state index in [1.165, 1.54) is 0 Å². The van der Waals surface area contributed by atoms with E-state index in [9.17, 15) is 37.8 Å². The predicted octanol–water partition coefficient (Wildman–Crippen LogP) is 5.19. The van der Waals surface area contributed by atoms with E-state index in [-0.39, 0.29) is 30.2 Å². The first-order chi connectivity index (χ1) is 22.2. The summed E-state index contributed by atoms with van der Waals surface area (Å²) in [5.74, 6) is -4.14. The minimum Gasteiger partial charge on any atom is -0.508 e. The number of hydrogen-bond acceptors (Lipinski definition) is 7. The number of anilines is 1. The normalized spacial score (nSPS) is 11.5. The first-order valence-electron chi connectivity index (χ1n) is 14.3. The first-order valence-corrected chi connectivity index (χ1v) is 14.3. The van der Waals surface area contributed by atoms with Gasteiger partial charge in [-0.1, -0.05) is 54.6 Å². The van der Waals surface area contributed by atoms with Crippen molar-refractivity contribution in [1.29, 1.82) is 0 Å². The number of nitrogens with zero attached hydrogens (tertiary/aromatic N) is 1. The van der Waals surface area contributed by atoms with Crippen molar-refractivity contribution in [3.63, 3.8) is 0 Å². The number of aliphatic carboxylic acids is 2. The number of amides is 2. The summed E-state index contributed by atoms with van der Waals surface area (Å²) >= 11 is 0. The largest absolute Gasteiger partial charge is 0.508 e. The molecule has 3 aromatic carbocycles. The fraction of sp³-hybridized carbons (Fsp3) is 0.242. The molecule has 2 amide bonds. The van der Waals surface area contributed by atoms with Crippen LogP contribution in [0.1, 0.15) is 36.4 Å². The zero-order chi connectivity index (χ0) is 34.6. The molecule has 0 aliphatic carbocycles. The molecule has 1 heterocycles. The summed E-state index contributed by atoms with van der Waals surface area (Å²) in [6.45, 7) is 2.20. The van der Waals surface area contributed by atoms with E-state index in [4.69, 9.17) is 9.90 Å². The van der Waals surface area contributed by atoms with Crippen LogP contribution in [0.15, 0.2) is 79.0 Å². The Kier molecular flexibility index (Phi) is 12.6. The summed E-state index contributed by atoms with van der Waals surface area (Å²) < 4.78 is 31.7. The van der Waals surface area contributed by atoms with E-state index in [1.807, 2.05) is 61.5 Å². The average Bonchev–Trinajstić information content (AvgIpc) is 3.01. The maximum absolute atomic E-state index is 12.6. The number of aromatic nitrogens is 1. The summed E-state index contributed by atoms with van der Waals surface area (Å²) in [5.41, 5.74) is 3.05. The summed E-state index contributed by atoms with van der Waals surface area (Å²) in [7, 11) is 0. The third kappa shape index (κ3) is 11.3. The Hall–Kier alpha value is -5.66. The number of alkyl halides is 3. The molecule has 1 aromatic heterocycles. The van der Waals surface area contributed by atoms with Crippen molar-refractivity contribution >= 4 is 40.3 Å². The number of hydrogen-bond donors (Lipinski definition) is 6. The quantitative estimate of drug-likeness (QED) is 0.112. The Bertz CT molecular complexity index is 1730. The van der Waals surface area contributed by atoms with Crippen molar-refractivity contribution in [2.45, 2.75) is 38.4 Å². The van der Waals surface area contributed by atoms with Crippen molar-refractivity contribution in [1.82, 2.24) is 15.6 Å². The number of aromatic hydroxyl groups is 1. The number of aryl methyl sites for hydroxylation is 1. The number of phenols is 1. The molecule has 0 saturated heterocycles. The minimum absolute atomic E-state index is 0.128. The van der Waals surface area contributed by atoms with E-state index in [0.717, 1.165) is 33.3 Å². The second kappa shape index (κ2) is 16.6. The van der Waals surface area contributed by atoms with Gasteiger partial charge in [-0.15, -0.1) is 0 Å². The number of carbonyl (C=O) groups is 4. The van der Waals surface area contributed by atoms with Crippen LogP contribution in [-0.2, 0) is 19.2 Å². The van der Waals surface area contributed by atoms with Crippen molar-refractivity contribution in [2.24, 2.45) is 0 Å². The number of carbonyl (C=O) groups excluding carboxylic acids is 2. The smallest absolute Gasteiger partial charge is 0.490 e. The molecule has 0 spiro atoms. The van der Waals surface area contributed by atoms with E-state index >= 15 is 0 Å².